The smallest absolute Gasteiger partial charge is 0.371 e. The van der Waals surface area contributed by atoms with Crippen molar-refractivity contribution in [2.75, 3.05) is 0 Å². The molecule has 0 spiro atoms. The Balaban J connectivity index is 2.46. The molecule has 0 aliphatic carbocycles. The van der Waals surface area contributed by atoms with Crippen LogP contribution in [0.25, 0.3) is 11.3 Å². The van der Waals surface area contributed by atoms with Gasteiger partial charge >= 0.3 is 5.97 Å². The van der Waals surface area contributed by atoms with Gasteiger partial charge in [0.15, 0.2) is 0 Å². The van der Waals surface area contributed by atoms with Crippen LogP contribution in [0.15, 0.2) is 45.3 Å². The van der Waals surface area contributed by atoms with Crippen molar-refractivity contribution < 1.29 is 14.3 Å². The Kier molecular flexibility index (Phi) is 2.60. The van der Waals surface area contributed by atoms with Gasteiger partial charge in [-0.25, -0.2) is 4.79 Å². The molecule has 0 atom stereocenters. The summed E-state index contributed by atoms with van der Waals surface area (Å²) < 4.78 is 6.05. The van der Waals surface area contributed by atoms with Gasteiger partial charge in [0.05, 0.1) is 0 Å². The van der Waals surface area contributed by atoms with Crippen LogP contribution in [-0.2, 0) is 0 Å². The summed E-state index contributed by atoms with van der Waals surface area (Å²) in [5, 5.41) is 8.71. The molecule has 0 saturated heterocycles. The zero-order valence-electron chi connectivity index (χ0n) is 7.61. The molecule has 1 heterocycles. The van der Waals surface area contributed by atoms with Crippen LogP contribution >= 0.6 is 15.9 Å². The average molecular weight is 267 g/mol. The van der Waals surface area contributed by atoms with Crippen molar-refractivity contribution in [3.05, 3.63) is 46.6 Å². The normalized spacial score (nSPS) is 10.2. The number of hydrogen-bond acceptors (Lipinski definition) is 2. The standard InChI is InChI=1S/C11H7BrO3/c12-8-4-2-1-3-7(8)9-5-6-10(15-9)11(13)14/h1-6H,(H,13,14). The molecule has 15 heavy (non-hydrogen) atoms. The van der Waals surface area contributed by atoms with Gasteiger partial charge in [0.1, 0.15) is 5.76 Å². The van der Waals surface area contributed by atoms with Crippen molar-refractivity contribution in [1.29, 1.82) is 0 Å². The van der Waals surface area contributed by atoms with Crippen LogP contribution in [0.4, 0.5) is 0 Å². The molecule has 2 aromatic rings. The highest BCUT2D eigenvalue weighted by Crippen LogP contribution is 2.29. The van der Waals surface area contributed by atoms with Crippen molar-refractivity contribution in [3.63, 3.8) is 0 Å². The van der Waals surface area contributed by atoms with Crippen molar-refractivity contribution in [2.45, 2.75) is 0 Å². The molecule has 1 N–H and O–H groups in total. The Hall–Kier alpha value is -1.55. The van der Waals surface area contributed by atoms with E-state index in [0.29, 0.717) is 5.76 Å². The topological polar surface area (TPSA) is 50.4 Å². The summed E-state index contributed by atoms with van der Waals surface area (Å²) in [5.41, 5.74) is 0.838. The number of rotatable bonds is 2. The van der Waals surface area contributed by atoms with E-state index < -0.39 is 5.97 Å². The first-order valence-corrected chi connectivity index (χ1v) is 5.06. The van der Waals surface area contributed by atoms with E-state index in [1.807, 2.05) is 24.3 Å². The van der Waals surface area contributed by atoms with Gasteiger partial charge in [-0.05, 0) is 18.2 Å². The van der Waals surface area contributed by atoms with Gasteiger partial charge in [-0.1, -0.05) is 34.1 Å². The predicted molar refractivity (Wildman–Crippen MR) is 58.8 cm³/mol. The number of hydrogen-bond donors (Lipinski definition) is 1. The van der Waals surface area contributed by atoms with E-state index in [1.165, 1.54) is 6.07 Å². The lowest BCUT2D eigenvalue weighted by molar-refractivity contribution is 0.0663. The first-order chi connectivity index (χ1) is 7.18. The van der Waals surface area contributed by atoms with E-state index in [4.69, 9.17) is 9.52 Å². The molecule has 0 bridgehead atoms. The van der Waals surface area contributed by atoms with E-state index >= 15 is 0 Å². The van der Waals surface area contributed by atoms with Crippen LogP contribution in [0.3, 0.4) is 0 Å². The monoisotopic (exact) mass is 266 g/mol. The Labute approximate surface area is 94.5 Å². The highest BCUT2D eigenvalue weighted by atomic mass is 79.9. The number of carboxylic acids is 1. The van der Waals surface area contributed by atoms with Crippen LogP contribution in [0, 0.1) is 0 Å². The lowest BCUT2D eigenvalue weighted by atomic mass is 10.2. The van der Waals surface area contributed by atoms with Crippen molar-refractivity contribution in [1.82, 2.24) is 0 Å². The van der Waals surface area contributed by atoms with E-state index in [2.05, 4.69) is 15.9 Å². The molecule has 0 fully saturated rings. The molecule has 0 radical (unpaired) electrons. The van der Waals surface area contributed by atoms with Crippen LogP contribution in [0.2, 0.25) is 0 Å². The molecule has 1 aromatic heterocycles. The molecular formula is C11H7BrO3. The Bertz CT molecular complexity index is 502. The Morgan fingerprint density at radius 3 is 2.53 bits per heavy atom. The molecule has 0 amide bonds. The molecule has 3 nitrogen and oxygen atoms in total. The van der Waals surface area contributed by atoms with Gasteiger partial charge in [-0.15, -0.1) is 0 Å². The third-order valence-corrected chi connectivity index (χ3v) is 2.65. The number of carboxylic acid groups (broad SMARTS) is 1. The fourth-order valence-corrected chi connectivity index (χ4v) is 1.74. The van der Waals surface area contributed by atoms with Gasteiger partial charge in [-0.2, -0.15) is 0 Å². The van der Waals surface area contributed by atoms with Crippen molar-refractivity contribution >= 4 is 21.9 Å². The number of aromatic carboxylic acids is 1. The first-order valence-electron chi connectivity index (χ1n) is 4.26. The molecule has 0 saturated carbocycles. The largest absolute Gasteiger partial charge is 0.475 e. The predicted octanol–water partition coefficient (Wildman–Crippen LogP) is 3.41. The summed E-state index contributed by atoms with van der Waals surface area (Å²) in [6.45, 7) is 0. The van der Waals surface area contributed by atoms with Gasteiger partial charge in [0.25, 0.3) is 0 Å². The number of halogens is 1. The van der Waals surface area contributed by atoms with E-state index in [9.17, 15) is 4.79 Å². The number of carbonyl (C=O) groups is 1. The summed E-state index contributed by atoms with van der Waals surface area (Å²) in [6, 6.07) is 10.6. The highest BCUT2D eigenvalue weighted by molar-refractivity contribution is 9.10. The molecule has 2 rings (SSSR count). The molecule has 0 aliphatic rings. The second kappa shape index (κ2) is 3.90. The molecule has 0 aliphatic heterocycles. The van der Waals surface area contributed by atoms with E-state index in [1.54, 1.807) is 6.07 Å². The maximum absolute atomic E-state index is 10.6. The van der Waals surface area contributed by atoms with Gasteiger partial charge in [-0.3, -0.25) is 0 Å². The van der Waals surface area contributed by atoms with E-state index in [0.717, 1.165) is 10.0 Å². The van der Waals surface area contributed by atoms with Crippen molar-refractivity contribution in [3.8, 4) is 11.3 Å². The first kappa shape index (κ1) is 9.98. The van der Waals surface area contributed by atoms with Crippen LogP contribution in [0.5, 0.6) is 0 Å². The molecule has 4 heteroatoms. The third kappa shape index (κ3) is 1.94. The van der Waals surface area contributed by atoms with Gasteiger partial charge in [0.2, 0.25) is 5.76 Å². The summed E-state index contributed by atoms with van der Waals surface area (Å²) in [7, 11) is 0. The summed E-state index contributed by atoms with van der Waals surface area (Å²) in [4.78, 5) is 10.6. The van der Waals surface area contributed by atoms with Gasteiger partial charge in [0, 0.05) is 10.0 Å². The summed E-state index contributed by atoms with van der Waals surface area (Å²) in [5.74, 6) is -0.575. The summed E-state index contributed by atoms with van der Waals surface area (Å²) >= 11 is 3.37. The minimum absolute atomic E-state index is 0.0549. The Morgan fingerprint density at radius 2 is 1.93 bits per heavy atom. The third-order valence-electron chi connectivity index (χ3n) is 1.96. The number of furan rings is 1. The maximum Gasteiger partial charge on any atom is 0.371 e. The Morgan fingerprint density at radius 1 is 1.20 bits per heavy atom. The lowest BCUT2D eigenvalue weighted by Crippen LogP contribution is -1.91. The number of benzene rings is 1. The van der Waals surface area contributed by atoms with Crippen LogP contribution < -0.4 is 0 Å². The maximum atomic E-state index is 10.6. The fourth-order valence-electron chi connectivity index (χ4n) is 1.26. The SMILES string of the molecule is O=C(O)c1ccc(-c2ccccc2Br)o1. The second-order valence-corrected chi connectivity index (χ2v) is 3.80. The van der Waals surface area contributed by atoms with E-state index in [-0.39, 0.29) is 5.76 Å². The average Bonchev–Trinajstić information content (AvgIpc) is 2.67. The van der Waals surface area contributed by atoms with Crippen LogP contribution in [0.1, 0.15) is 10.6 Å². The van der Waals surface area contributed by atoms with Gasteiger partial charge < -0.3 is 9.52 Å². The van der Waals surface area contributed by atoms with Crippen molar-refractivity contribution in [2.24, 2.45) is 0 Å². The molecular weight excluding hydrogens is 260 g/mol. The molecule has 76 valence electrons. The minimum atomic E-state index is -1.06. The lowest BCUT2D eigenvalue weighted by Gasteiger charge is -1.99. The highest BCUT2D eigenvalue weighted by Gasteiger charge is 2.11. The van der Waals surface area contributed by atoms with Crippen LogP contribution in [-0.4, -0.2) is 11.1 Å². The molecule has 1 aromatic carbocycles. The fraction of sp³-hybridized carbons (Fsp3) is 0. The zero-order valence-corrected chi connectivity index (χ0v) is 9.19. The second-order valence-electron chi connectivity index (χ2n) is 2.95. The zero-order chi connectivity index (χ0) is 10.8. The molecule has 0 unspecified atom stereocenters. The minimum Gasteiger partial charge on any atom is -0.475 e. The summed E-state index contributed by atoms with van der Waals surface area (Å²) in [6.07, 6.45) is 0. The quantitative estimate of drug-likeness (QED) is 0.907.